The molecular weight excluding hydrogens is 893 g/mol. The van der Waals surface area contributed by atoms with E-state index in [4.69, 9.17) is 18.9 Å². The Morgan fingerprint density at radius 1 is 0.868 bits per heavy atom. The maximum absolute atomic E-state index is 14.4. The van der Waals surface area contributed by atoms with Crippen LogP contribution in [-0.4, -0.2) is 145 Å². The van der Waals surface area contributed by atoms with Crippen molar-refractivity contribution < 1.29 is 61.9 Å². The highest BCUT2D eigenvalue weighted by Crippen LogP contribution is 2.38. The highest BCUT2D eigenvalue weighted by molar-refractivity contribution is 7.88. The lowest BCUT2D eigenvalue weighted by Gasteiger charge is -2.43. The number of sulfonamides is 1. The number of cyclic esters (lactones) is 1. The number of likely N-dealkylation sites (N-methyl/N-ethyl adjacent to an activating group) is 1. The maximum atomic E-state index is 14.4. The van der Waals surface area contributed by atoms with Crippen LogP contribution in [0.25, 0.3) is 0 Å². The van der Waals surface area contributed by atoms with E-state index in [0.717, 1.165) is 12.7 Å². The number of allylic oxidation sites excluding steroid dienone is 6. The van der Waals surface area contributed by atoms with Gasteiger partial charge in [-0.25, -0.2) is 13.2 Å². The minimum absolute atomic E-state index is 0.00868. The molecule has 3 heterocycles. The molecule has 3 fully saturated rings. The zero-order valence-corrected chi connectivity index (χ0v) is 43.5. The van der Waals surface area contributed by atoms with Crippen LogP contribution >= 0.6 is 0 Å². The van der Waals surface area contributed by atoms with Gasteiger partial charge in [0.25, 0.3) is 11.7 Å². The second-order valence-corrected chi connectivity index (χ2v) is 22.8. The van der Waals surface area contributed by atoms with E-state index in [1.807, 2.05) is 52.0 Å². The molecule has 4 aliphatic rings. The van der Waals surface area contributed by atoms with Crippen LogP contribution in [0.2, 0.25) is 0 Å². The van der Waals surface area contributed by atoms with Crippen LogP contribution in [0.3, 0.4) is 0 Å². The van der Waals surface area contributed by atoms with Gasteiger partial charge in [0.15, 0.2) is 5.78 Å². The van der Waals surface area contributed by atoms with Crippen LogP contribution in [-0.2, 0) is 48.1 Å². The highest BCUT2D eigenvalue weighted by atomic mass is 32.2. The number of Topliss-reactive ketones (excluding diaryl/α,β-unsaturated/α-hetero) is 2. The summed E-state index contributed by atoms with van der Waals surface area (Å²) in [7, 11) is 0.763. The Hall–Kier alpha value is -3.09. The fourth-order valence-corrected chi connectivity index (χ4v) is 11.4. The van der Waals surface area contributed by atoms with Crippen molar-refractivity contribution in [3.8, 4) is 0 Å². The van der Waals surface area contributed by atoms with Gasteiger partial charge in [0.05, 0.1) is 24.6 Å². The molecule has 0 radical (unpaired) electrons. The number of amides is 1. The Bertz CT molecular complexity index is 1950. The quantitative estimate of drug-likeness (QED) is 0.147. The topological polar surface area (TPSA) is 207 Å². The van der Waals surface area contributed by atoms with Crippen LogP contribution in [0, 0.1) is 35.5 Å². The van der Waals surface area contributed by atoms with Crippen LogP contribution in [0.1, 0.15) is 132 Å². The molecule has 4 rings (SSSR count). The minimum atomic E-state index is -3.71. The van der Waals surface area contributed by atoms with Crippen molar-refractivity contribution in [2.75, 3.05) is 34.1 Å². The predicted molar refractivity (Wildman–Crippen MR) is 260 cm³/mol. The van der Waals surface area contributed by atoms with Crippen molar-refractivity contribution in [2.24, 2.45) is 35.5 Å². The zero-order chi connectivity index (χ0) is 50.7. The summed E-state index contributed by atoms with van der Waals surface area (Å²) < 4.78 is 50.9. The van der Waals surface area contributed by atoms with Gasteiger partial charge in [0.1, 0.15) is 24.4 Å². The molecule has 1 aliphatic carbocycles. The van der Waals surface area contributed by atoms with Gasteiger partial charge >= 0.3 is 5.97 Å². The van der Waals surface area contributed by atoms with E-state index in [1.54, 1.807) is 40.0 Å². The molecule has 386 valence electrons. The summed E-state index contributed by atoms with van der Waals surface area (Å²) in [5, 5.41) is 34.1. The normalized spacial score (nSPS) is 39.5. The van der Waals surface area contributed by atoms with Crippen molar-refractivity contribution >= 4 is 33.5 Å². The SMILES string of the molecule is CO[C@@H]1C[C@H](C[C@@H](C)[C@@H]2CC[C@H](C)/C=C(\C)[C@@H](O)[C@@H](OC)C(=O)[C@H](C)C[C@H](C)/C=C/C=C/C=C(\C)C(N(C)S(C)(=O)=O)C[C@@H]3CC[C@@H](C)[C@@](O)(O3)C(=O)C(=O)N3CCCC[C@H]3C(=O)O2)CC[C@H]1O. The van der Waals surface area contributed by atoms with E-state index in [1.165, 1.54) is 23.4 Å². The number of esters is 1. The van der Waals surface area contributed by atoms with E-state index >= 15 is 0 Å². The summed E-state index contributed by atoms with van der Waals surface area (Å²) in [6, 6.07) is -1.80. The van der Waals surface area contributed by atoms with Crippen molar-refractivity contribution in [2.45, 2.75) is 186 Å². The van der Waals surface area contributed by atoms with Crippen molar-refractivity contribution in [3.05, 3.63) is 47.6 Å². The molecule has 0 spiro atoms. The van der Waals surface area contributed by atoms with Gasteiger partial charge in [-0.15, -0.1) is 0 Å². The number of piperidine rings is 1. The molecule has 1 unspecified atom stereocenters. The van der Waals surface area contributed by atoms with E-state index in [2.05, 4.69) is 0 Å². The molecule has 2 bridgehead atoms. The third kappa shape index (κ3) is 15.2. The van der Waals surface area contributed by atoms with Crippen LogP contribution in [0.15, 0.2) is 47.6 Å². The highest BCUT2D eigenvalue weighted by Gasteiger charge is 2.53. The van der Waals surface area contributed by atoms with E-state index in [0.29, 0.717) is 75.4 Å². The molecule has 0 aromatic carbocycles. The third-order valence-corrected chi connectivity index (χ3v) is 16.5. The Balaban J connectivity index is 1.72. The minimum Gasteiger partial charge on any atom is -0.461 e. The molecule has 1 amide bonds. The number of ketones is 2. The van der Waals surface area contributed by atoms with Gasteiger partial charge in [0, 0.05) is 45.7 Å². The Morgan fingerprint density at radius 2 is 1.57 bits per heavy atom. The standard InChI is InChI=1S/C52H84N2O13S/c1-32-17-13-12-14-18-34(3)42(53(8)68(11,62)63)31-40-23-21-38(7)52(61,67-40)49(58)50(59)54-26-16-15-19-41(54)51(60)66-44(35(4)29-39-22-24-43(55)45(30-39)64-9)25-20-33(2)28-37(6)47(57)48(65-10)46(56)36(5)27-32/h12-14,17-18,28,32-33,35-36,38-45,47-48,55,57,61H,15-16,19-27,29-31H2,1-11H3/b14-12+,17-13+,34-18+,37-28+/t32-,33+,35-,36-,38-,39+,40+,41+,42?,43-,44+,45-,47-,48+,52-/m1/s1. The number of aliphatic hydroxyl groups excluding tert-OH is 2. The number of carbonyl (C=O) groups excluding carboxylic acids is 4. The second-order valence-electron chi connectivity index (χ2n) is 20.8. The number of methoxy groups -OCH3 is 2. The molecule has 0 aromatic rings. The van der Waals surface area contributed by atoms with E-state index in [9.17, 15) is 42.9 Å². The van der Waals surface area contributed by atoms with Crippen molar-refractivity contribution in [1.29, 1.82) is 0 Å². The molecule has 3 N–H and O–H groups in total. The first kappa shape index (κ1) is 57.5. The number of hydrogen-bond donors (Lipinski definition) is 3. The van der Waals surface area contributed by atoms with E-state index < -0.39 is 87.9 Å². The number of rotatable bonds is 7. The number of nitrogens with zero attached hydrogens (tertiary/aromatic N) is 2. The van der Waals surface area contributed by atoms with E-state index in [-0.39, 0.29) is 54.9 Å². The first-order chi connectivity index (χ1) is 31.9. The molecule has 1 saturated carbocycles. The molecule has 0 aromatic heterocycles. The molecule has 68 heavy (non-hydrogen) atoms. The van der Waals surface area contributed by atoms with Gasteiger partial charge < -0.3 is 39.2 Å². The smallest absolute Gasteiger partial charge is 0.329 e. The Kier molecular flexibility index (Phi) is 21.9. The van der Waals surface area contributed by atoms with Crippen LogP contribution in [0.5, 0.6) is 0 Å². The zero-order valence-electron chi connectivity index (χ0n) is 42.7. The van der Waals surface area contributed by atoms with Gasteiger partial charge in [-0.1, -0.05) is 76.6 Å². The van der Waals surface area contributed by atoms with Gasteiger partial charge in [-0.3, -0.25) is 14.4 Å². The summed E-state index contributed by atoms with van der Waals surface area (Å²) in [6.07, 6.45) is 14.2. The summed E-state index contributed by atoms with van der Waals surface area (Å²) >= 11 is 0. The molecule has 3 aliphatic heterocycles. The predicted octanol–water partition coefficient (Wildman–Crippen LogP) is 6.25. The van der Waals surface area contributed by atoms with Gasteiger partial charge in [-0.05, 0) is 127 Å². The van der Waals surface area contributed by atoms with Gasteiger partial charge in [0.2, 0.25) is 15.8 Å². The molecule has 16 heteroatoms. The third-order valence-electron chi connectivity index (χ3n) is 15.2. The molecule has 2 saturated heterocycles. The largest absolute Gasteiger partial charge is 0.461 e. The van der Waals surface area contributed by atoms with Gasteiger partial charge in [-0.2, -0.15) is 4.31 Å². The monoisotopic (exact) mass is 977 g/mol. The van der Waals surface area contributed by atoms with Crippen molar-refractivity contribution in [3.63, 3.8) is 0 Å². The Morgan fingerprint density at radius 3 is 2.24 bits per heavy atom. The summed E-state index contributed by atoms with van der Waals surface area (Å²) in [4.78, 5) is 58.1. The fraction of sp³-hybridized carbons (Fsp3) is 0.769. The van der Waals surface area contributed by atoms with Crippen molar-refractivity contribution in [1.82, 2.24) is 9.21 Å². The lowest BCUT2D eigenvalue weighted by atomic mass is 9.78. The van der Waals surface area contributed by atoms with Crippen LogP contribution < -0.4 is 0 Å². The lowest BCUT2D eigenvalue weighted by molar-refractivity contribution is -0.264. The number of fused-ring (bicyclic) bond motifs is 3. The van der Waals surface area contributed by atoms with Crippen LogP contribution in [0.4, 0.5) is 0 Å². The first-order valence-corrected chi connectivity index (χ1v) is 26.8. The lowest BCUT2D eigenvalue weighted by Crippen LogP contribution is -2.61. The first-order valence-electron chi connectivity index (χ1n) is 25.0. The number of ether oxygens (including phenoxy) is 4. The molecular formula is C52H84N2O13S. The maximum Gasteiger partial charge on any atom is 0.329 e. The summed E-state index contributed by atoms with van der Waals surface area (Å²) in [5.41, 5.74) is 1.26. The number of carbonyl (C=O) groups is 4. The summed E-state index contributed by atoms with van der Waals surface area (Å²) in [6.45, 7) is 13.2. The Labute approximate surface area is 406 Å². The average Bonchev–Trinajstić information content (AvgIpc) is 3.29. The fourth-order valence-electron chi connectivity index (χ4n) is 10.7. The average molecular weight is 977 g/mol. The summed E-state index contributed by atoms with van der Waals surface area (Å²) in [5.74, 6) is -6.83. The molecule has 15 atom stereocenters. The number of hydrogen-bond acceptors (Lipinski definition) is 13. The number of aliphatic hydroxyl groups is 3. The second kappa shape index (κ2) is 25.9. The molecule has 15 nitrogen and oxygen atoms in total.